The van der Waals surface area contributed by atoms with E-state index in [0.29, 0.717) is 29.8 Å². The molecule has 0 spiro atoms. The number of piperidine rings is 2. The smallest absolute Gasteiger partial charge is 0.222 e. The number of likely N-dealkylation sites (tertiary alicyclic amines) is 1. The van der Waals surface area contributed by atoms with Crippen molar-refractivity contribution in [3.8, 4) is 0 Å². The molecule has 3 unspecified atom stereocenters. The Hall–Kier alpha value is -0.940. The van der Waals surface area contributed by atoms with Gasteiger partial charge >= 0.3 is 0 Å². The van der Waals surface area contributed by atoms with Gasteiger partial charge in [-0.15, -0.1) is 11.3 Å². The SMILES string of the molecule is CCc1csc(C2CCCN(C(=O)CC3CC4CCC(C3)N4)C2)n1. The van der Waals surface area contributed by atoms with Gasteiger partial charge in [-0.2, -0.15) is 0 Å². The summed E-state index contributed by atoms with van der Waals surface area (Å²) in [4.78, 5) is 19.7. The first kappa shape index (κ1) is 16.5. The number of carbonyl (C=O) groups excluding carboxylic acids is 1. The Kier molecular flexibility index (Phi) is 4.90. The molecule has 5 heteroatoms. The number of hydrogen-bond donors (Lipinski definition) is 1. The molecule has 24 heavy (non-hydrogen) atoms. The van der Waals surface area contributed by atoms with Crippen LogP contribution in [0.1, 0.15) is 68.5 Å². The Balaban J connectivity index is 1.34. The molecule has 3 atom stereocenters. The summed E-state index contributed by atoms with van der Waals surface area (Å²) in [5, 5.41) is 7.10. The highest BCUT2D eigenvalue weighted by Gasteiger charge is 2.35. The standard InChI is InChI=1S/C19H29N3OS/c1-2-15-12-24-19(21-15)14-4-3-7-22(11-14)18(23)10-13-8-16-5-6-17(9-13)20-16/h12-14,16-17,20H,2-11H2,1H3. The van der Waals surface area contributed by atoms with Gasteiger partial charge in [0.25, 0.3) is 0 Å². The monoisotopic (exact) mass is 347 g/mol. The van der Waals surface area contributed by atoms with Crippen LogP contribution < -0.4 is 5.32 Å². The van der Waals surface area contributed by atoms with Crippen LogP contribution in [0.25, 0.3) is 0 Å². The summed E-state index contributed by atoms with van der Waals surface area (Å²) >= 11 is 1.78. The molecule has 4 nitrogen and oxygen atoms in total. The quantitative estimate of drug-likeness (QED) is 0.909. The Morgan fingerprint density at radius 2 is 2.12 bits per heavy atom. The zero-order valence-corrected chi connectivity index (χ0v) is 15.5. The number of amides is 1. The number of fused-ring (bicyclic) bond motifs is 2. The van der Waals surface area contributed by atoms with E-state index in [-0.39, 0.29) is 0 Å². The first-order valence-electron chi connectivity index (χ1n) is 9.69. The lowest BCUT2D eigenvalue weighted by Gasteiger charge is -2.34. The lowest BCUT2D eigenvalue weighted by atomic mass is 9.88. The van der Waals surface area contributed by atoms with Crippen molar-refractivity contribution in [1.29, 1.82) is 0 Å². The zero-order chi connectivity index (χ0) is 16.5. The van der Waals surface area contributed by atoms with Crippen molar-refractivity contribution in [2.24, 2.45) is 5.92 Å². The van der Waals surface area contributed by atoms with E-state index in [1.807, 2.05) is 0 Å². The Morgan fingerprint density at radius 3 is 2.83 bits per heavy atom. The van der Waals surface area contributed by atoms with Gasteiger partial charge in [-0.3, -0.25) is 4.79 Å². The lowest BCUT2D eigenvalue weighted by Crippen LogP contribution is -2.43. The van der Waals surface area contributed by atoms with Gasteiger partial charge in [-0.05, 0) is 50.9 Å². The number of aromatic nitrogens is 1. The van der Waals surface area contributed by atoms with E-state index in [4.69, 9.17) is 4.98 Å². The van der Waals surface area contributed by atoms with E-state index in [1.165, 1.54) is 42.8 Å². The topological polar surface area (TPSA) is 45.2 Å². The van der Waals surface area contributed by atoms with Crippen LogP contribution >= 0.6 is 11.3 Å². The van der Waals surface area contributed by atoms with Gasteiger partial charge in [0.05, 0.1) is 10.7 Å². The zero-order valence-electron chi connectivity index (χ0n) is 14.7. The van der Waals surface area contributed by atoms with Crippen molar-refractivity contribution in [3.05, 3.63) is 16.1 Å². The molecule has 0 radical (unpaired) electrons. The number of nitrogens with zero attached hydrogens (tertiary/aromatic N) is 2. The fourth-order valence-electron chi connectivity index (χ4n) is 4.80. The molecule has 0 aliphatic carbocycles. The normalized spacial score (nSPS) is 33.0. The molecule has 3 aliphatic rings. The van der Waals surface area contributed by atoms with E-state index in [1.54, 1.807) is 11.3 Å². The van der Waals surface area contributed by atoms with Crippen molar-refractivity contribution in [1.82, 2.24) is 15.2 Å². The third kappa shape index (κ3) is 3.52. The van der Waals surface area contributed by atoms with Crippen molar-refractivity contribution < 1.29 is 4.79 Å². The van der Waals surface area contributed by atoms with Crippen LogP contribution in [0.15, 0.2) is 5.38 Å². The van der Waals surface area contributed by atoms with Gasteiger partial charge < -0.3 is 10.2 Å². The average Bonchev–Trinajstić information content (AvgIpc) is 3.21. The summed E-state index contributed by atoms with van der Waals surface area (Å²) in [5.41, 5.74) is 1.20. The van der Waals surface area contributed by atoms with E-state index in [2.05, 4.69) is 22.5 Å². The molecule has 3 aliphatic heterocycles. The van der Waals surface area contributed by atoms with Gasteiger partial charge in [0.2, 0.25) is 5.91 Å². The maximum Gasteiger partial charge on any atom is 0.222 e. The molecule has 4 heterocycles. The summed E-state index contributed by atoms with van der Waals surface area (Å²) in [7, 11) is 0. The van der Waals surface area contributed by atoms with Gasteiger partial charge in [0, 0.05) is 42.9 Å². The first-order chi connectivity index (χ1) is 11.7. The van der Waals surface area contributed by atoms with Crippen molar-refractivity contribution in [3.63, 3.8) is 0 Å². The molecule has 0 aromatic carbocycles. The maximum atomic E-state index is 12.8. The molecule has 1 N–H and O–H groups in total. The number of nitrogens with one attached hydrogen (secondary N) is 1. The molecule has 132 valence electrons. The molecule has 2 bridgehead atoms. The molecule has 4 rings (SSSR count). The highest BCUT2D eigenvalue weighted by molar-refractivity contribution is 7.09. The van der Waals surface area contributed by atoms with Crippen LogP contribution in [-0.2, 0) is 11.2 Å². The van der Waals surface area contributed by atoms with E-state index in [9.17, 15) is 4.79 Å². The number of hydrogen-bond acceptors (Lipinski definition) is 4. The van der Waals surface area contributed by atoms with Crippen LogP contribution in [0.2, 0.25) is 0 Å². The summed E-state index contributed by atoms with van der Waals surface area (Å²) < 4.78 is 0. The van der Waals surface area contributed by atoms with Crippen LogP contribution in [-0.4, -0.2) is 41.0 Å². The molecule has 3 saturated heterocycles. The maximum absolute atomic E-state index is 12.8. The fourth-order valence-corrected chi connectivity index (χ4v) is 5.83. The molecule has 1 amide bonds. The van der Waals surface area contributed by atoms with Crippen molar-refractivity contribution >= 4 is 17.2 Å². The Bertz CT molecular complexity index is 575. The molecule has 1 aromatic rings. The second kappa shape index (κ2) is 7.12. The van der Waals surface area contributed by atoms with Crippen molar-refractivity contribution in [2.75, 3.05) is 13.1 Å². The average molecular weight is 348 g/mol. The van der Waals surface area contributed by atoms with Crippen LogP contribution in [0.4, 0.5) is 0 Å². The minimum Gasteiger partial charge on any atom is -0.342 e. The van der Waals surface area contributed by atoms with Gasteiger partial charge in [0.15, 0.2) is 0 Å². The third-order valence-corrected chi connectivity index (χ3v) is 7.15. The first-order valence-corrected chi connectivity index (χ1v) is 10.6. The number of aryl methyl sites for hydroxylation is 1. The Morgan fingerprint density at radius 1 is 1.33 bits per heavy atom. The molecular formula is C19H29N3OS. The summed E-state index contributed by atoms with van der Waals surface area (Å²) in [6.07, 6.45) is 9.09. The highest BCUT2D eigenvalue weighted by atomic mass is 32.1. The minimum atomic E-state index is 0.387. The number of carbonyl (C=O) groups is 1. The van der Waals surface area contributed by atoms with E-state index in [0.717, 1.165) is 32.4 Å². The molecule has 0 saturated carbocycles. The van der Waals surface area contributed by atoms with Crippen LogP contribution in [0.3, 0.4) is 0 Å². The molecule has 1 aromatic heterocycles. The minimum absolute atomic E-state index is 0.387. The Labute approximate surface area is 149 Å². The van der Waals surface area contributed by atoms with E-state index < -0.39 is 0 Å². The number of thiazole rings is 1. The largest absolute Gasteiger partial charge is 0.342 e. The van der Waals surface area contributed by atoms with E-state index >= 15 is 0 Å². The van der Waals surface area contributed by atoms with Gasteiger partial charge in [0.1, 0.15) is 0 Å². The van der Waals surface area contributed by atoms with Gasteiger partial charge in [-0.1, -0.05) is 6.92 Å². The second-order valence-corrected chi connectivity index (χ2v) is 8.78. The molecular weight excluding hydrogens is 318 g/mol. The highest BCUT2D eigenvalue weighted by Crippen LogP contribution is 2.34. The van der Waals surface area contributed by atoms with Crippen molar-refractivity contribution in [2.45, 2.75) is 76.3 Å². The lowest BCUT2D eigenvalue weighted by molar-refractivity contribution is -0.133. The summed E-state index contributed by atoms with van der Waals surface area (Å²) in [6, 6.07) is 1.36. The number of rotatable bonds is 4. The molecule has 3 fully saturated rings. The summed E-state index contributed by atoms with van der Waals surface area (Å²) in [5.74, 6) is 1.44. The predicted octanol–water partition coefficient (Wildman–Crippen LogP) is 3.33. The predicted molar refractivity (Wildman–Crippen MR) is 97.3 cm³/mol. The second-order valence-electron chi connectivity index (χ2n) is 7.89. The van der Waals surface area contributed by atoms with Crippen LogP contribution in [0, 0.1) is 5.92 Å². The van der Waals surface area contributed by atoms with Gasteiger partial charge in [-0.25, -0.2) is 4.98 Å². The summed E-state index contributed by atoms with van der Waals surface area (Å²) in [6.45, 7) is 3.98. The fraction of sp³-hybridized carbons (Fsp3) is 0.789. The van der Waals surface area contributed by atoms with Crippen LogP contribution in [0.5, 0.6) is 0 Å². The third-order valence-electron chi connectivity index (χ3n) is 6.09.